The van der Waals surface area contributed by atoms with Gasteiger partial charge in [-0.25, -0.2) is 12.8 Å². The lowest BCUT2D eigenvalue weighted by Crippen LogP contribution is -2.36. The Kier molecular flexibility index (Phi) is 10.3. The summed E-state index contributed by atoms with van der Waals surface area (Å²) in [6.07, 6.45) is 0. The Morgan fingerprint density at radius 3 is 2.33 bits per heavy atom. The molecule has 0 aliphatic heterocycles. The first-order valence-electron chi connectivity index (χ1n) is 11.4. The minimum atomic E-state index is -3.81. The summed E-state index contributed by atoms with van der Waals surface area (Å²) in [4.78, 5) is 17.7. The van der Waals surface area contributed by atoms with Gasteiger partial charge in [0.15, 0.2) is 4.80 Å². The van der Waals surface area contributed by atoms with Gasteiger partial charge >= 0.3 is 0 Å². The Balaban J connectivity index is 1.90. The smallest absolute Gasteiger partial charge is 0.279 e. The highest BCUT2D eigenvalue weighted by atomic mass is 32.2. The third-order valence-electron chi connectivity index (χ3n) is 5.33. The van der Waals surface area contributed by atoms with E-state index in [4.69, 9.17) is 14.2 Å². The summed E-state index contributed by atoms with van der Waals surface area (Å²) in [6.45, 7) is 4.11. The zero-order valence-electron chi connectivity index (χ0n) is 20.5. The maximum atomic E-state index is 13.7. The van der Waals surface area contributed by atoms with Gasteiger partial charge in [0.1, 0.15) is 5.82 Å². The number of thiazole rings is 1. The van der Waals surface area contributed by atoms with Crippen molar-refractivity contribution in [1.29, 1.82) is 0 Å². The molecule has 0 saturated carbocycles. The quantitative estimate of drug-likeness (QED) is 0.310. The van der Waals surface area contributed by atoms with Gasteiger partial charge in [-0.2, -0.15) is 9.30 Å². The van der Waals surface area contributed by atoms with E-state index in [1.165, 1.54) is 66.3 Å². The third kappa shape index (κ3) is 6.84. The van der Waals surface area contributed by atoms with Crippen LogP contribution in [0.3, 0.4) is 0 Å². The van der Waals surface area contributed by atoms with Crippen LogP contribution in [-0.2, 0) is 30.8 Å². The second kappa shape index (κ2) is 13.2. The van der Waals surface area contributed by atoms with Crippen molar-refractivity contribution in [2.24, 2.45) is 4.99 Å². The van der Waals surface area contributed by atoms with Crippen molar-refractivity contribution >= 4 is 37.5 Å². The summed E-state index contributed by atoms with van der Waals surface area (Å²) in [7, 11) is -0.811. The van der Waals surface area contributed by atoms with Gasteiger partial charge in [-0.15, -0.1) is 0 Å². The van der Waals surface area contributed by atoms with E-state index in [0.29, 0.717) is 29.3 Å². The number of amides is 1. The van der Waals surface area contributed by atoms with E-state index in [9.17, 15) is 17.6 Å². The molecule has 0 bridgehead atoms. The molecule has 12 heteroatoms. The van der Waals surface area contributed by atoms with Crippen LogP contribution in [0.5, 0.6) is 0 Å². The molecule has 1 aromatic heterocycles. The second-order valence-electron chi connectivity index (χ2n) is 7.68. The van der Waals surface area contributed by atoms with Crippen LogP contribution in [-0.4, -0.2) is 76.9 Å². The number of rotatable bonds is 13. The van der Waals surface area contributed by atoms with Crippen molar-refractivity contribution in [3.05, 3.63) is 58.6 Å². The Morgan fingerprint density at radius 2 is 1.72 bits per heavy atom. The molecule has 0 radical (unpaired) electrons. The highest BCUT2D eigenvalue weighted by molar-refractivity contribution is 7.89. The van der Waals surface area contributed by atoms with Gasteiger partial charge < -0.3 is 18.8 Å². The van der Waals surface area contributed by atoms with Crippen molar-refractivity contribution < 1.29 is 31.8 Å². The molecular weight excluding hydrogens is 509 g/mol. The van der Waals surface area contributed by atoms with Crippen LogP contribution in [0.4, 0.5) is 4.39 Å². The molecule has 0 aliphatic carbocycles. The van der Waals surface area contributed by atoms with Gasteiger partial charge in [-0.1, -0.05) is 11.3 Å². The number of benzene rings is 2. The number of carbonyl (C=O) groups is 1. The summed E-state index contributed by atoms with van der Waals surface area (Å²) >= 11 is 1.20. The number of aromatic nitrogens is 1. The number of methoxy groups -OCH3 is 2. The lowest BCUT2D eigenvalue weighted by molar-refractivity contribution is 0.0996. The molecule has 36 heavy (non-hydrogen) atoms. The molecule has 1 heterocycles. The van der Waals surface area contributed by atoms with Gasteiger partial charge in [-0.3, -0.25) is 4.79 Å². The van der Waals surface area contributed by atoms with Crippen molar-refractivity contribution in [3.63, 3.8) is 0 Å². The van der Waals surface area contributed by atoms with E-state index in [1.54, 1.807) is 6.07 Å². The Hall–Kier alpha value is -2.48. The van der Waals surface area contributed by atoms with E-state index < -0.39 is 15.9 Å². The summed E-state index contributed by atoms with van der Waals surface area (Å²) < 4.78 is 59.1. The predicted molar refractivity (Wildman–Crippen MR) is 135 cm³/mol. The summed E-state index contributed by atoms with van der Waals surface area (Å²) in [5.74, 6) is -0.910. The average Bonchev–Trinajstić information content (AvgIpc) is 3.19. The second-order valence-corrected chi connectivity index (χ2v) is 10.6. The molecule has 0 saturated heterocycles. The number of halogens is 1. The van der Waals surface area contributed by atoms with Crippen LogP contribution < -0.4 is 4.80 Å². The summed E-state index contributed by atoms with van der Waals surface area (Å²) in [5.41, 5.74) is 0.982. The van der Waals surface area contributed by atoms with Crippen LogP contribution >= 0.6 is 11.3 Å². The van der Waals surface area contributed by atoms with E-state index in [-0.39, 0.29) is 42.6 Å². The van der Waals surface area contributed by atoms with E-state index in [0.717, 1.165) is 5.52 Å². The summed E-state index contributed by atoms with van der Waals surface area (Å²) in [6, 6.07) is 10.0. The number of ether oxygens (including phenoxy) is 3. The molecule has 2 aromatic carbocycles. The van der Waals surface area contributed by atoms with Crippen molar-refractivity contribution in [2.75, 3.05) is 53.7 Å². The van der Waals surface area contributed by atoms with Crippen molar-refractivity contribution in [2.45, 2.75) is 18.4 Å². The Morgan fingerprint density at radius 1 is 1.06 bits per heavy atom. The molecule has 9 nitrogen and oxygen atoms in total. The largest absolute Gasteiger partial charge is 0.383 e. The SMILES string of the molecule is CCOCCn1c(=NC(=O)c2ccc(S(=O)(=O)N(CCOC)CCOC)cc2)sc2cc(F)ccc21. The molecule has 0 atom stereocenters. The molecule has 196 valence electrons. The summed E-state index contributed by atoms with van der Waals surface area (Å²) in [5, 5.41) is 0. The Bertz CT molecular complexity index is 1330. The fourth-order valence-electron chi connectivity index (χ4n) is 3.46. The molecule has 0 fully saturated rings. The highest BCUT2D eigenvalue weighted by Crippen LogP contribution is 2.20. The lowest BCUT2D eigenvalue weighted by atomic mass is 10.2. The molecule has 1 amide bonds. The van der Waals surface area contributed by atoms with Crippen molar-refractivity contribution in [3.8, 4) is 0 Å². The fraction of sp³-hybridized carbons (Fsp3) is 0.417. The number of hydrogen-bond acceptors (Lipinski definition) is 7. The lowest BCUT2D eigenvalue weighted by Gasteiger charge is -2.21. The first-order valence-corrected chi connectivity index (χ1v) is 13.6. The van der Waals surface area contributed by atoms with E-state index in [2.05, 4.69) is 4.99 Å². The standard InChI is InChI=1S/C24H30FN3O6S2/c1-4-34-16-13-28-21-10-7-19(25)17-22(21)35-24(28)26-23(29)18-5-8-20(9-6-18)36(30,31)27(11-14-32-2)12-15-33-3/h5-10,17H,4,11-16H2,1-3H3. The van der Waals surface area contributed by atoms with E-state index >= 15 is 0 Å². The zero-order valence-corrected chi connectivity index (χ0v) is 22.1. The molecular formula is C24H30FN3O6S2. The number of sulfonamides is 1. The fourth-order valence-corrected chi connectivity index (χ4v) is 5.94. The average molecular weight is 540 g/mol. The van der Waals surface area contributed by atoms with Crippen LogP contribution in [0.25, 0.3) is 10.2 Å². The molecule has 3 rings (SSSR count). The minimum Gasteiger partial charge on any atom is -0.383 e. The van der Waals surface area contributed by atoms with Crippen LogP contribution in [0, 0.1) is 5.82 Å². The van der Waals surface area contributed by atoms with Gasteiger partial charge in [0, 0.05) is 46.0 Å². The Labute approximate surface area is 213 Å². The van der Waals surface area contributed by atoms with Crippen LogP contribution in [0.1, 0.15) is 17.3 Å². The van der Waals surface area contributed by atoms with Crippen molar-refractivity contribution in [1.82, 2.24) is 8.87 Å². The van der Waals surface area contributed by atoms with Crippen LogP contribution in [0.15, 0.2) is 52.4 Å². The van der Waals surface area contributed by atoms with Gasteiger partial charge in [0.05, 0.1) is 34.9 Å². The first kappa shape index (κ1) is 28.1. The molecule has 3 aromatic rings. The van der Waals surface area contributed by atoms with Gasteiger partial charge in [-0.05, 0) is 49.4 Å². The zero-order chi connectivity index (χ0) is 26.1. The number of fused-ring (bicyclic) bond motifs is 1. The first-order chi connectivity index (χ1) is 17.3. The number of nitrogens with zero attached hydrogens (tertiary/aromatic N) is 3. The monoisotopic (exact) mass is 539 g/mol. The predicted octanol–water partition coefficient (Wildman–Crippen LogP) is 2.90. The number of hydrogen-bond donors (Lipinski definition) is 0. The maximum Gasteiger partial charge on any atom is 0.279 e. The molecule has 0 spiro atoms. The molecule has 0 unspecified atom stereocenters. The maximum absolute atomic E-state index is 13.7. The molecule has 0 N–H and O–H groups in total. The van der Waals surface area contributed by atoms with E-state index in [1.807, 2.05) is 11.5 Å². The van der Waals surface area contributed by atoms with Gasteiger partial charge in [0.25, 0.3) is 5.91 Å². The molecule has 0 aliphatic rings. The topological polar surface area (TPSA) is 99.4 Å². The number of carbonyl (C=O) groups excluding carboxylic acids is 1. The van der Waals surface area contributed by atoms with Crippen LogP contribution in [0.2, 0.25) is 0 Å². The third-order valence-corrected chi connectivity index (χ3v) is 8.29. The minimum absolute atomic E-state index is 0.0513. The normalized spacial score (nSPS) is 12.6. The van der Waals surface area contributed by atoms with Gasteiger partial charge in [0.2, 0.25) is 10.0 Å². The highest BCUT2D eigenvalue weighted by Gasteiger charge is 2.24.